The molecule has 1 saturated heterocycles. The first-order valence-electron chi connectivity index (χ1n) is 5.54. The molecule has 3 rings (SSSR count). The molecule has 0 saturated carbocycles. The van der Waals surface area contributed by atoms with Gasteiger partial charge in [0.15, 0.2) is 0 Å². The van der Waals surface area contributed by atoms with Crippen LogP contribution in [0.4, 0.5) is 0 Å². The lowest BCUT2D eigenvalue weighted by atomic mass is 10.2. The maximum Gasteiger partial charge on any atom is 0.115 e. The van der Waals surface area contributed by atoms with Crippen molar-refractivity contribution in [3.63, 3.8) is 0 Å². The Labute approximate surface area is 89.0 Å². The number of rotatable bonds is 1. The standard InChI is InChI=1S/C10H16N4O/c1-2-11-7-9-10(1)14(8-12-9)13-3-5-15-6-4-13/h8,11H,1-7H2. The smallest absolute Gasteiger partial charge is 0.115 e. The number of hydrogen-bond donors (Lipinski definition) is 1. The quantitative estimate of drug-likeness (QED) is 0.675. The van der Waals surface area contributed by atoms with Crippen molar-refractivity contribution in [1.82, 2.24) is 15.0 Å². The molecule has 0 radical (unpaired) electrons. The fourth-order valence-electron chi connectivity index (χ4n) is 2.23. The third-order valence-electron chi connectivity index (χ3n) is 3.06. The normalized spacial score (nSPS) is 21.5. The predicted molar refractivity (Wildman–Crippen MR) is 56.4 cm³/mol. The molecule has 0 bridgehead atoms. The van der Waals surface area contributed by atoms with Crippen molar-refractivity contribution in [1.29, 1.82) is 0 Å². The van der Waals surface area contributed by atoms with Gasteiger partial charge in [-0.1, -0.05) is 0 Å². The molecule has 2 aliphatic heterocycles. The van der Waals surface area contributed by atoms with Crippen LogP contribution in [0.15, 0.2) is 6.33 Å². The average molecular weight is 208 g/mol. The van der Waals surface area contributed by atoms with E-state index >= 15 is 0 Å². The largest absolute Gasteiger partial charge is 0.378 e. The Hall–Kier alpha value is -1.07. The Morgan fingerprint density at radius 2 is 2.20 bits per heavy atom. The number of imidazole rings is 1. The molecule has 5 nitrogen and oxygen atoms in total. The van der Waals surface area contributed by atoms with Gasteiger partial charge in [-0.25, -0.2) is 9.66 Å². The minimum absolute atomic E-state index is 0.825. The molecule has 0 spiro atoms. The van der Waals surface area contributed by atoms with Crippen molar-refractivity contribution >= 4 is 0 Å². The second kappa shape index (κ2) is 3.83. The van der Waals surface area contributed by atoms with Crippen LogP contribution in [0.5, 0.6) is 0 Å². The Kier molecular flexibility index (Phi) is 2.34. The number of nitrogens with zero attached hydrogens (tertiary/aromatic N) is 3. The molecule has 0 unspecified atom stereocenters. The third kappa shape index (κ3) is 1.61. The van der Waals surface area contributed by atoms with E-state index in [4.69, 9.17) is 4.74 Å². The minimum Gasteiger partial charge on any atom is -0.378 e. The van der Waals surface area contributed by atoms with Crippen LogP contribution >= 0.6 is 0 Å². The van der Waals surface area contributed by atoms with Gasteiger partial charge in [0.1, 0.15) is 6.33 Å². The van der Waals surface area contributed by atoms with Crippen molar-refractivity contribution in [3.8, 4) is 0 Å². The Morgan fingerprint density at radius 1 is 1.33 bits per heavy atom. The van der Waals surface area contributed by atoms with Gasteiger partial charge in [-0.2, -0.15) is 0 Å². The van der Waals surface area contributed by atoms with Gasteiger partial charge < -0.3 is 15.1 Å². The minimum atomic E-state index is 0.825. The van der Waals surface area contributed by atoms with E-state index in [-0.39, 0.29) is 0 Å². The fourth-order valence-corrected chi connectivity index (χ4v) is 2.23. The van der Waals surface area contributed by atoms with E-state index < -0.39 is 0 Å². The van der Waals surface area contributed by atoms with E-state index in [1.165, 1.54) is 11.4 Å². The van der Waals surface area contributed by atoms with Gasteiger partial charge in [-0.05, 0) is 0 Å². The lowest BCUT2D eigenvalue weighted by Gasteiger charge is -2.31. The summed E-state index contributed by atoms with van der Waals surface area (Å²) in [6.07, 6.45) is 3.02. The van der Waals surface area contributed by atoms with Crippen LogP contribution in [0.25, 0.3) is 0 Å². The fraction of sp³-hybridized carbons (Fsp3) is 0.700. The maximum absolute atomic E-state index is 5.35. The van der Waals surface area contributed by atoms with E-state index in [9.17, 15) is 0 Å². The van der Waals surface area contributed by atoms with Gasteiger partial charge in [0.25, 0.3) is 0 Å². The number of ether oxygens (including phenoxy) is 1. The summed E-state index contributed by atoms with van der Waals surface area (Å²) in [5.74, 6) is 0. The summed E-state index contributed by atoms with van der Waals surface area (Å²) < 4.78 is 7.57. The van der Waals surface area contributed by atoms with E-state index in [0.29, 0.717) is 0 Å². The molecule has 0 aliphatic carbocycles. The molecule has 5 heteroatoms. The summed E-state index contributed by atoms with van der Waals surface area (Å²) in [5, 5.41) is 5.66. The van der Waals surface area contributed by atoms with Crippen molar-refractivity contribution in [3.05, 3.63) is 17.7 Å². The first-order valence-corrected chi connectivity index (χ1v) is 5.54. The third-order valence-corrected chi connectivity index (χ3v) is 3.06. The lowest BCUT2D eigenvalue weighted by molar-refractivity contribution is 0.110. The summed E-state index contributed by atoms with van der Waals surface area (Å²) in [5.41, 5.74) is 2.57. The SMILES string of the molecule is c1nc2c(n1N1CCOCC1)CCNC2. The first kappa shape index (κ1) is 9.18. The molecular weight excluding hydrogens is 192 g/mol. The topological polar surface area (TPSA) is 42.3 Å². The zero-order valence-electron chi connectivity index (χ0n) is 8.78. The van der Waals surface area contributed by atoms with Crippen LogP contribution in [0.1, 0.15) is 11.4 Å². The molecule has 2 aliphatic rings. The van der Waals surface area contributed by atoms with E-state index in [1.807, 2.05) is 6.33 Å². The van der Waals surface area contributed by atoms with Gasteiger partial charge in [0.05, 0.1) is 37.7 Å². The second-order valence-corrected chi connectivity index (χ2v) is 3.98. The van der Waals surface area contributed by atoms with Crippen molar-refractivity contribution in [2.75, 3.05) is 37.9 Å². The molecule has 0 aromatic carbocycles. The predicted octanol–water partition coefficient (Wildman–Crippen LogP) is -0.503. The van der Waals surface area contributed by atoms with Crippen LogP contribution in [0.2, 0.25) is 0 Å². The summed E-state index contributed by atoms with van der Waals surface area (Å²) in [6, 6.07) is 0. The van der Waals surface area contributed by atoms with Crippen molar-refractivity contribution < 1.29 is 4.74 Å². The summed E-state index contributed by atoms with van der Waals surface area (Å²) in [4.78, 5) is 4.45. The Bertz CT molecular complexity index is 343. The number of nitrogens with one attached hydrogen (secondary N) is 1. The zero-order chi connectivity index (χ0) is 10.1. The van der Waals surface area contributed by atoms with Gasteiger partial charge >= 0.3 is 0 Å². The Morgan fingerprint density at radius 3 is 3.07 bits per heavy atom. The highest BCUT2D eigenvalue weighted by atomic mass is 16.5. The maximum atomic E-state index is 5.35. The molecule has 0 amide bonds. The summed E-state index contributed by atoms with van der Waals surface area (Å²) in [6.45, 7) is 5.55. The van der Waals surface area contributed by atoms with Crippen LogP contribution in [-0.2, 0) is 17.7 Å². The number of morpholine rings is 1. The average Bonchev–Trinajstić information content (AvgIpc) is 2.74. The molecule has 15 heavy (non-hydrogen) atoms. The van der Waals surface area contributed by atoms with E-state index in [1.54, 1.807) is 0 Å². The van der Waals surface area contributed by atoms with Crippen molar-refractivity contribution in [2.24, 2.45) is 0 Å². The van der Waals surface area contributed by atoms with Crippen LogP contribution in [0, 0.1) is 0 Å². The Balaban J connectivity index is 1.87. The highest BCUT2D eigenvalue weighted by molar-refractivity contribution is 5.18. The van der Waals surface area contributed by atoms with E-state index in [2.05, 4.69) is 20.0 Å². The number of fused-ring (bicyclic) bond motifs is 1. The monoisotopic (exact) mass is 208 g/mol. The molecule has 1 aromatic rings. The molecule has 1 aromatic heterocycles. The van der Waals surface area contributed by atoms with Crippen molar-refractivity contribution in [2.45, 2.75) is 13.0 Å². The lowest BCUT2D eigenvalue weighted by Crippen LogP contribution is -2.45. The van der Waals surface area contributed by atoms with Crippen LogP contribution < -0.4 is 10.3 Å². The van der Waals surface area contributed by atoms with Gasteiger partial charge in [0.2, 0.25) is 0 Å². The molecule has 1 fully saturated rings. The summed E-state index contributed by atoms with van der Waals surface area (Å²) in [7, 11) is 0. The van der Waals surface area contributed by atoms with Gasteiger partial charge in [-0.3, -0.25) is 0 Å². The molecular formula is C10H16N4O. The highest BCUT2D eigenvalue weighted by Gasteiger charge is 2.19. The number of aromatic nitrogens is 2. The second-order valence-electron chi connectivity index (χ2n) is 3.98. The van der Waals surface area contributed by atoms with E-state index in [0.717, 1.165) is 45.8 Å². The molecule has 1 N–H and O–H groups in total. The van der Waals surface area contributed by atoms with Crippen LogP contribution in [-0.4, -0.2) is 42.5 Å². The zero-order valence-corrected chi connectivity index (χ0v) is 8.78. The molecule has 82 valence electrons. The highest BCUT2D eigenvalue weighted by Crippen LogP contribution is 2.13. The van der Waals surface area contributed by atoms with Gasteiger partial charge in [-0.15, -0.1) is 0 Å². The van der Waals surface area contributed by atoms with Crippen LogP contribution in [0.3, 0.4) is 0 Å². The summed E-state index contributed by atoms with van der Waals surface area (Å²) >= 11 is 0. The molecule has 3 heterocycles. The molecule has 0 atom stereocenters. The van der Waals surface area contributed by atoms with Gasteiger partial charge in [0, 0.05) is 19.5 Å². The number of hydrogen-bond acceptors (Lipinski definition) is 4. The first-order chi connectivity index (χ1) is 7.45.